The van der Waals surface area contributed by atoms with E-state index in [1.54, 1.807) is 42.5 Å². The molecule has 1 N–H and O–H groups in total. The lowest BCUT2D eigenvalue weighted by Gasteiger charge is -2.13. The highest BCUT2D eigenvalue weighted by Crippen LogP contribution is 2.22. The van der Waals surface area contributed by atoms with Gasteiger partial charge in [-0.2, -0.15) is 0 Å². The van der Waals surface area contributed by atoms with Gasteiger partial charge in [0.25, 0.3) is 5.91 Å². The first-order chi connectivity index (χ1) is 12.0. The Morgan fingerprint density at radius 2 is 1.64 bits per heavy atom. The molecule has 0 aliphatic heterocycles. The van der Waals surface area contributed by atoms with Crippen LogP contribution in [0.5, 0.6) is 5.75 Å². The minimum absolute atomic E-state index is 0.302. The second-order valence-corrected chi connectivity index (χ2v) is 6.02. The van der Waals surface area contributed by atoms with Crippen molar-refractivity contribution in [2.45, 2.75) is 20.3 Å². The van der Waals surface area contributed by atoms with Crippen LogP contribution in [0.2, 0.25) is 0 Å². The summed E-state index contributed by atoms with van der Waals surface area (Å²) in [6.45, 7) is 4.78. The van der Waals surface area contributed by atoms with E-state index in [0.717, 1.165) is 6.42 Å². The first-order valence-corrected chi connectivity index (χ1v) is 8.23. The molecule has 0 unspecified atom stereocenters. The lowest BCUT2D eigenvalue weighted by molar-refractivity contribution is 0.0602. The molecular formula is C20H23NO4. The molecule has 2 rings (SSSR count). The smallest absolute Gasteiger partial charge is 0.339 e. The second kappa shape index (κ2) is 8.87. The Hall–Kier alpha value is -2.82. The lowest BCUT2D eigenvalue weighted by atomic mass is 10.1. The molecule has 132 valence electrons. The van der Waals surface area contributed by atoms with Crippen LogP contribution in [0, 0.1) is 5.92 Å². The molecule has 0 spiro atoms. The molecule has 0 aromatic heterocycles. The van der Waals surface area contributed by atoms with Gasteiger partial charge in [-0.25, -0.2) is 4.79 Å². The van der Waals surface area contributed by atoms with Gasteiger partial charge in [0, 0.05) is 0 Å². The largest absolute Gasteiger partial charge is 0.493 e. The predicted molar refractivity (Wildman–Crippen MR) is 97.1 cm³/mol. The van der Waals surface area contributed by atoms with Crippen molar-refractivity contribution in [2.75, 3.05) is 19.0 Å². The number of ether oxygens (including phenoxy) is 2. The molecule has 25 heavy (non-hydrogen) atoms. The Labute approximate surface area is 148 Å². The maximum absolute atomic E-state index is 12.7. The van der Waals surface area contributed by atoms with Gasteiger partial charge in [0.05, 0.1) is 30.5 Å². The zero-order chi connectivity index (χ0) is 18.2. The molecular weight excluding hydrogens is 318 g/mol. The van der Waals surface area contributed by atoms with E-state index >= 15 is 0 Å². The summed E-state index contributed by atoms with van der Waals surface area (Å²) in [5, 5.41) is 2.76. The maximum atomic E-state index is 12.7. The Balaban J connectivity index is 2.18. The van der Waals surface area contributed by atoms with Gasteiger partial charge in [-0.05, 0) is 36.6 Å². The predicted octanol–water partition coefficient (Wildman–Crippen LogP) is 4.15. The zero-order valence-corrected chi connectivity index (χ0v) is 14.7. The van der Waals surface area contributed by atoms with Gasteiger partial charge in [-0.1, -0.05) is 38.1 Å². The molecule has 0 radical (unpaired) electrons. The number of amides is 1. The molecule has 0 atom stereocenters. The molecule has 2 aromatic rings. The van der Waals surface area contributed by atoms with E-state index in [-0.39, 0.29) is 5.91 Å². The van der Waals surface area contributed by atoms with Crippen molar-refractivity contribution >= 4 is 17.6 Å². The molecule has 0 aliphatic carbocycles. The van der Waals surface area contributed by atoms with E-state index in [2.05, 4.69) is 19.2 Å². The van der Waals surface area contributed by atoms with Crippen molar-refractivity contribution in [1.29, 1.82) is 0 Å². The number of carbonyl (C=O) groups excluding carboxylic acids is 2. The molecule has 5 nitrogen and oxygen atoms in total. The summed E-state index contributed by atoms with van der Waals surface area (Å²) in [6.07, 6.45) is 0.904. The fraction of sp³-hybridized carbons (Fsp3) is 0.300. The quantitative estimate of drug-likeness (QED) is 0.768. The van der Waals surface area contributed by atoms with Gasteiger partial charge in [0.1, 0.15) is 5.75 Å². The normalized spacial score (nSPS) is 10.4. The first-order valence-electron chi connectivity index (χ1n) is 8.23. The number of methoxy groups -OCH3 is 1. The molecule has 0 saturated carbocycles. The van der Waals surface area contributed by atoms with Crippen LogP contribution in [-0.2, 0) is 4.74 Å². The number of benzene rings is 2. The van der Waals surface area contributed by atoms with E-state index in [4.69, 9.17) is 9.47 Å². The van der Waals surface area contributed by atoms with Crippen LogP contribution in [0.4, 0.5) is 5.69 Å². The number of rotatable bonds is 7. The van der Waals surface area contributed by atoms with Crippen LogP contribution in [-0.4, -0.2) is 25.6 Å². The standard InChI is InChI=1S/C20H23NO4/c1-14(2)12-13-25-18-11-7-5-9-16(18)19(22)21-17-10-6-4-8-15(17)20(23)24-3/h4-11,14H,12-13H2,1-3H3,(H,21,22). The Morgan fingerprint density at radius 3 is 2.32 bits per heavy atom. The average Bonchev–Trinajstić information content (AvgIpc) is 2.61. The summed E-state index contributed by atoms with van der Waals surface area (Å²) in [5.41, 5.74) is 1.12. The number of hydrogen-bond donors (Lipinski definition) is 1. The van der Waals surface area contributed by atoms with Crippen molar-refractivity contribution in [3.05, 3.63) is 59.7 Å². The Morgan fingerprint density at radius 1 is 1.00 bits per heavy atom. The molecule has 0 saturated heterocycles. The number of carbonyl (C=O) groups is 2. The molecule has 0 heterocycles. The van der Waals surface area contributed by atoms with Crippen molar-refractivity contribution in [1.82, 2.24) is 0 Å². The van der Waals surface area contributed by atoms with Crippen molar-refractivity contribution < 1.29 is 19.1 Å². The summed E-state index contributed by atoms with van der Waals surface area (Å²) in [5.74, 6) is 0.206. The first kappa shape index (κ1) is 18.5. The van der Waals surface area contributed by atoms with Crippen LogP contribution in [0.1, 0.15) is 41.0 Å². The number of para-hydroxylation sites is 2. The summed E-state index contributed by atoms with van der Waals surface area (Å²) in [4.78, 5) is 24.5. The van der Waals surface area contributed by atoms with Gasteiger partial charge in [-0.15, -0.1) is 0 Å². The third-order valence-electron chi connectivity index (χ3n) is 3.67. The van der Waals surface area contributed by atoms with Crippen LogP contribution in [0.15, 0.2) is 48.5 Å². The molecule has 0 fully saturated rings. The Kier molecular flexibility index (Phi) is 6.57. The summed E-state index contributed by atoms with van der Waals surface area (Å²) in [6, 6.07) is 13.8. The van der Waals surface area contributed by atoms with Gasteiger partial charge in [0.2, 0.25) is 0 Å². The van der Waals surface area contributed by atoms with Crippen LogP contribution in [0.25, 0.3) is 0 Å². The van der Waals surface area contributed by atoms with Gasteiger partial charge in [0.15, 0.2) is 0 Å². The topological polar surface area (TPSA) is 64.6 Å². The fourth-order valence-electron chi connectivity index (χ4n) is 2.25. The average molecular weight is 341 g/mol. The highest BCUT2D eigenvalue weighted by Gasteiger charge is 2.17. The minimum atomic E-state index is -0.502. The highest BCUT2D eigenvalue weighted by molar-refractivity contribution is 6.09. The van der Waals surface area contributed by atoms with E-state index in [0.29, 0.717) is 35.1 Å². The number of esters is 1. The lowest BCUT2D eigenvalue weighted by Crippen LogP contribution is -2.16. The number of anilines is 1. The number of nitrogens with one attached hydrogen (secondary N) is 1. The van der Waals surface area contributed by atoms with E-state index in [9.17, 15) is 9.59 Å². The summed E-state index contributed by atoms with van der Waals surface area (Å²) in [7, 11) is 1.30. The maximum Gasteiger partial charge on any atom is 0.339 e. The summed E-state index contributed by atoms with van der Waals surface area (Å²) >= 11 is 0. The highest BCUT2D eigenvalue weighted by atomic mass is 16.5. The van der Waals surface area contributed by atoms with Crippen molar-refractivity contribution in [2.24, 2.45) is 5.92 Å². The van der Waals surface area contributed by atoms with E-state index < -0.39 is 5.97 Å². The second-order valence-electron chi connectivity index (χ2n) is 6.02. The van der Waals surface area contributed by atoms with E-state index in [1.165, 1.54) is 7.11 Å². The molecule has 5 heteroatoms. The molecule has 1 amide bonds. The van der Waals surface area contributed by atoms with Crippen molar-refractivity contribution in [3.63, 3.8) is 0 Å². The third kappa shape index (κ3) is 5.08. The van der Waals surface area contributed by atoms with Gasteiger partial charge in [-0.3, -0.25) is 4.79 Å². The third-order valence-corrected chi connectivity index (χ3v) is 3.67. The van der Waals surface area contributed by atoms with Crippen LogP contribution >= 0.6 is 0 Å². The van der Waals surface area contributed by atoms with Crippen LogP contribution in [0.3, 0.4) is 0 Å². The fourth-order valence-corrected chi connectivity index (χ4v) is 2.25. The SMILES string of the molecule is COC(=O)c1ccccc1NC(=O)c1ccccc1OCCC(C)C. The molecule has 0 aliphatic rings. The zero-order valence-electron chi connectivity index (χ0n) is 14.7. The summed E-state index contributed by atoms with van der Waals surface area (Å²) < 4.78 is 10.5. The number of hydrogen-bond acceptors (Lipinski definition) is 4. The Bertz CT molecular complexity index is 740. The van der Waals surface area contributed by atoms with Crippen molar-refractivity contribution in [3.8, 4) is 5.75 Å². The minimum Gasteiger partial charge on any atom is -0.493 e. The van der Waals surface area contributed by atoms with Gasteiger partial charge < -0.3 is 14.8 Å². The monoisotopic (exact) mass is 341 g/mol. The van der Waals surface area contributed by atoms with E-state index in [1.807, 2.05) is 6.07 Å². The van der Waals surface area contributed by atoms with Crippen LogP contribution < -0.4 is 10.1 Å². The molecule has 0 bridgehead atoms. The van der Waals surface area contributed by atoms with Gasteiger partial charge >= 0.3 is 5.97 Å². The molecule has 2 aromatic carbocycles.